The predicted octanol–water partition coefficient (Wildman–Crippen LogP) is 2.54. The highest BCUT2D eigenvalue weighted by Gasteiger charge is 2.21. The Bertz CT molecular complexity index is 823. The van der Waals surface area contributed by atoms with E-state index in [1.165, 1.54) is 0 Å². The number of H-pyrrole nitrogens is 1. The van der Waals surface area contributed by atoms with E-state index in [-0.39, 0.29) is 11.1 Å². The lowest BCUT2D eigenvalue weighted by atomic mass is 10.1. The second kappa shape index (κ2) is 4.30. The smallest absolute Gasteiger partial charge is 0.255 e. The molecule has 0 unspecified atom stereocenters. The monoisotopic (exact) mass is 268 g/mol. The van der Waals surface area contributed by atoms with E-state index in [2.05, 4.69) is 35.8 Å². The molecule has 0 aliphatic heterocycles. The summed E-state index contributed by atoms with van der Waals surface area (Å²) in [4.78, 5) is 19.0. The van der Waals surface area contributed by atoms with Gasteiger partial charge < -0.3 is 4.98 Å². The number of benzene rings is 1. The number of aromatic nitrogens is 4. The quantitative estimate of drug-likeness (QED) is 0.737. The first-order valence-corrected chi connectivity index (χ1v) is 6.50. The molecular weight excluding hydrogens is 252 g/mol. The number of hydrogen-bond donors (Lipinski definition) is 1. The minimum Gasteiger partial charge on any atom is -0.328 e. The van der Waals surface area contributed by atoms with Crippen LogP contribution in [0, 0.1) is 0 Å². The Labute approximate surface area is 116 Å². The van der Waals surface area contributed by atoms with E-state index in [9.17, 15) is 4.79 Å². The minimum atomic E-state index is -0.178. The molecule has 3 aromatic rings. The third-order valence-electron chi connectivity index (χ3n) is 3.23. The van der Waals surface area contributed by atoms with Crippen molar-refractivity contribution in [3.8, 4) is 11.4 Å². The van der Waals surface area contributed by atoms with Gasteiger partial charge in [0, 0.05) is 17.1 Å². The Morgan fingerprint density at radius 2 is 1.85 bits per heavy atom. The molecular formula is C15H16N4O. The van der Waals surface area contributed by atoms with Crippen molar-refractivity contribution in [3.63, 3.8) is 0 Å². The van der Waals surface area contributed by atoms with Gasteiger partial charge in [-0.25, -0.2) is 9.67 Å². The molecule has 1 aromatic carbocycles. The van der Waals surface area contributed by atoms with E-state index in [4.69, 9.17) is 0 Å². The van der Waals surface area contributed by atoms with Crippen molar-refractivity contribution in [3.05, 3.63) is 47.1 Å². The van der Waals surface area contributed by atoms with Gasteiger partial charge in [0.05, 0.1) is 5.54 Å². The third kappa shape index (κ3) is 1.91. The lowest BCUT2D eigenvalue weighted by Crippen LogP contribution is -2.24. The average Bonchev–Trinajstić information content (AvgIpc) is 2.89. The van der Waals surface area contributed by atoms with Crippen LogP contribution in [0.5, 0.6) is 0 Å². The summed E-state index contributed by atoms with van der Waals surface area (Å²) in [6.45, 7) is 6.21. The largest absolute Gasteiger partial charge is 0.328 e. The molecule has 0 amide bonds. The topological polar surface area (TPSA) is 63.6 Å². The summed E-state index contributed by atoms with van der Waals surface area (Å²) in [7, 11) is 0. The third-order valence-corrected chi connectivity index (χ3v) is 3.23. The van der Waals surface area contributed by atoms with Crippen LogP contribution in [0.1, 0.15) is 20.8 Å². The molecule has 0 spiro atoms. The molecule has 2 heterocycles. The molecule has 1 N–H and O–H groups in total. The fraction of sp³-hybridized carbons (Fsp3) is 0.267. The maximum absolute atomic E-state index is 11.9. The Kier molecular flexibility index (Phi) is 2.71. The van der Waals surface area contributed by atoms with Crippen LogP contribution in [0.15, 0.2) is 41.6 Å². The maximum atomic E-state index is 11.9. The highest BCUT2D eigenvalue weighted by molar-refractivity contribution is 5.94. The van der Waals surface area contributed by atoms with Crippen molar-refractivity contribution in [2.24, 2.45) is 0 Å². The van der Waals surface area contributed by atoms with Gasteiger partial charge in [0.2, 0.25) is 0 Å². The molecule has 0 aliphatic rings. The zero-order chi connectivity index (χ0) is 14.3. The number of aromatic amines is 1. The normalized spacial score (nSPS) is 11.9. The van der Waals surface area contributed by atoms with Gasteiger partial charge >= 0.3 is 0 Å². The summed E-state index contributed by atoms with van der Waals surface area (Å²) in [6.07, 6.45) is 3.25. The van der Waals surface area contributed by atoms with E-state index in [0.29, 0.717) is 5.39 Å². The molecule has 0 fully saturated rings. The van der Waals surface area contributed by atoms with E-state index in [0.717, 1.165) is 16.8 Å². The van der Waals surface area contributed by atoms with Crippen molar-refractivity contribution < 1.29 is 0 Å². The number of pyridine rings is 1. The Morgan fingerprint density at radius 3 is 2.55 bits per heavy atom. The standard InChI is InChI=1S/C15H16N4O/c1-15(2,3)19-13(17-9-18-19)12-8-16-14(20)11-7-5-4-6-10(11)12/h4-9H,1-3H3,(H,16,20). The summed E-state index contributed by atoms with van der Waals surface area (Å²) in [6, 6.07) is 7.52. The number of rotatable bonds is 1. The molecule has 3 rings (SSSR count). The van der Waals surface area contributed by atoms with Gasteiger partial charge in [-0.1, -0.05) is 18.2 Å². The molecule has 0 atom stereocenters. The molecule has 0 saturated heterocycles. The van der Waals surface area contributed by atoms with Gasteiger partial charge in [-0.3, -0.25) is 4.79 Å². The second-order valence-corrected chi connectivity index (χ2v) is 5.74. The average molecular weight is 268 g/mol. The van der Waals surface area contributed by atoms with E-state index in [1.807, 2.05) is 28.9 Å². The molecule has 5 heteroatoms. The number of fused-ring (bicyclic) bond motifs is 1. The minimum absolute atomic E-state index is 0.0915. The van der Waals surface area contributed by atoms with Crippen LogP contribution >= 0.6 is 0 Å². The fourth-order valence-electron chi connectivity index (χ4n) is 2.31. The SMILES string of the molecule is CC(C)(C)n1ncnc1-c1c[nH]c(=O)c2ccccc12. The summed E-state index contributed by atoms with van der Waals surface area (Å²) in [5, 5.41) is 5.85. The summed E-state index contributed by atoms with van der Waals surface area (Å²) in [5.41, 5.74) is 0.613. The summed E-state index contributed by atoms with van der Waals surface area (Å²) in [5.74, 6) is 0.755. The molecule has 0 aliphatic carbocycles. The van der Waals surface area contributed by atoms with Gasteiger partial charge in [0.15, 0.2) is 5.82 Å². The molecule has 2 aromatic heterocycles. The number of nitrogens with zero attached hydrogens (tertiary/aromatic N) is 3. The predicted molar refractivity (Wildman–Crippen MR) is 78.6 cm³/mol. The zero-order valence-electron chi connectivity index (χ0n) is 11.7. The van der Waals surface area contributed by atoms with Crippen molar-refractivity contribution >= 4 is 10.8 Å². The van der Waals surface area contributed by atoms with Gasteiger partial charge in [-0.15, -0.1) is 0 Å². The van der Waals surface area contributed by atoms with Crippen molar-refractivity contribution in [2.45, 2.75) is 26.3 Å². The maximum Gasteiger partial charge on any atom is 0.255 e. The van der Waals surface area contributed by atoms with Crippen molar-refractivity contribution in [1.82, 2.24) is 19.7 Å². The Balaban J connectivity index is 2.35. The van der Waals surface area contributed by atoms with Crippen LogP contribution in [-0.2, 0) is 5.54 Å². The lowest BCUT2D eigenvalue weighted by Gasteiger charge is -2.21. The van der Waals surface area contributed by atoms with Crippen LogP contribution in [0.2, 0.25) is 0 Å². The summed E-state index contributed by atoms with van der Waals surface area (Å²) < 4.78 is 1.87. The number of nitrogens with one attached hydrogen (secondary N) is 1. The lowest BCUT2D eigenvalue weighted by molar-refractivity contribution is 0.359. The van der Waals surface area contributed by atoms with E-state index < -0.39 is 0 Å². The van der Waals surface area contributed by atoms with Crippen LogP contribution in [0.25, 0.3) is 22.2 Å². The van der Waals surface area contributed by atoms with Gasteiger partial charge in [0.25, 0.3) is 5.56 Å². The van der Waals surface area contributed by atoms with Crippen molar-refractivity contribution in [2.75, 3.05) is 0 Å². The number of hydrogen-bond acceptors (Lipinski definition) is 3. The summed E-state index contributed by atoms with van der Waals surface area (Å²) >= 11 is 0. The molecule has 0 saturated carbocycles. The molecule has 0 bridgehead atoms. The van der Waals surface area contributed by atoms with E-state index >= 15 is 0 Å². The van der Waals surface area contributed by atoms with Gasteiger partial charge in [-0.2, -0.15) is 5.10 Å². The first kappa shape index (κ1) is 12.6. The van der Waals surface area contributed by atoms with Crippen LogP contribution in [0.4, 0.5) is 0 Å². The zero-order valence-corrected chi connectivity index (χ0v) is 11.7. The molecule has 102 valence electrons. The van der Waals surface area contributed by atoms with Crippen molar-refractivity contribution in [1.29, 1.82) is 0 Å². The van der Waals surface area contributed by atoms with Crippen LogP contribution < -0.4 is 5.56 Å². The van der Waals surface area contributed by atoms with Crippen LogP contribution in [0.3, 0.4) is 0 Å². The van der Waals surface area contributed by atoms with Gasteiger partial charge in [-0.05, 0) is 32.2 Å². The van der Waals surface area contributed by atoms with Crippen LogP contribution in [-0.4, -0.2) is 19.7 Å². The first-order valence-electron chi connectivity index (χ1n) is 6.50. The first-order chi connectivity index (χ1) is 9.48. The fourth-order valence-corrected chi connectivity index (χ4v) is 2.31. The molecule has 0 radical (unpaired) electrons. The van der Waals surface area contributed by atoms with Gasteiger partial charge in [0.1, 0.15) is 6.33 Å². The molecule has 5 nitrogen and oxygen atoms in total. The Morgan fingerprint density at radius 1 is 1.15 bits per heavy atom. The molecule has 20 heavy (non-hydrogen) atoms. The highest BCUT2D eigenvalue weighted by Crippen LogP contribution is 2.27. The Hall–Kier alpha value is -2.43. The second-order valence-electron chi connectivity index (χ2n) is 5.74. The highest BCUT2D eigenvalue weighted by atomic mass is 16.1. The van der Waals surface area contributed by atoms with E-state index in [1.54, 1.807) is 12.5 Å².